The van der Waals surface area contributed by atoms with Gasteiger partial charge in [0.25, 0.3) is 5.91 Å². The number of aromatic nitrogens is 1. The summed E-state index contributed by atoms with van der Waals surface area (Å²) in [5, 5.41) is 2.77. The van der Waals surface area contributed by atoms with Crippen molar-refractivity contribution in [2.75, 3.05) is 23.3 Å². The van der Waals surface area contributed by atoms with Gasteiger partial charge in [0.1, 0.15) is 5.69 Å². The van der Waals surface area contributed by atoms with E-state index in [0.717, 1.165) is 18.8 Å². The molecular weight excluding hydrogens is 292 g/mol. The summed E-state index contributed by atoms with van der Waals surface area (Å²) in [4.78, 5) is 29.3. The molecule has 0 aliphatic carbocycles. The van der Waals surface area contributed by atoms with E-state index in [4.69, 9.17) is 5.73 Å². The van der Waals surface area contributed by atoms with E-state index in [1.54, 1.807) is 0 Å². The van der Waals surface area contributed by atoms with E-state index in [1.165, 1.54) is 18.3 Å². The predicted octanol–water partition coefficient (Wildman–Crippen LogP) is 2.28. The van der Waals surface area contributed by atoms with Crippen LogP contribution in [0, 0.1) is 0 Å². The average molecular weight is 312 g/mol. The molecule has 0 saturated heterocycles. The molecule has 2 aromatic rings. The molecule has 23 heavy (non-hydrogen) atoms. The second kappa shape index (κ2) is 7.40. The summed E-state index contributed by atoms with van der Waals surface area (Å²) in [7, 11) is 0. The number of anilines is 2. The highest BCUT2D eigenvalue weighted by atomic mass is 16.2. The maximum absolute atomic E-state index is 12.1. The van der Waals surface area contributed by atoms with Crippen LogP contribution in [0.4, 0.5) is 11.4 Å². The Labute approximate surface area is 135 Å². The molecule has 0 bridgehead atoms. The van der Waals surface area contributed by atoms with E-state index in [1.807, 2.05) is 24.3 Å². The number of carbonyl (C=O) groups excluding carboxylic acids is 2. The summed E-state index contributed by atoms with van der Waals surface area (Å²) in [6, 6.07) is 10.6. The van der Waals surface area contributed by atoms with Gasteiger partial charge in [0.2, 0.25) is 5.91 Å². The molecule has 120 valence electrons. The van der Waals surface area contributed by atoms with Gasteiger partial charge in [-0.05, 0) is 50.2 Å². The van der Waals surface area contributed by atoms with Crippen LogP contribution in [0.5, 0.6) is 0 Å². The van der Waals surface area contributed by atoms with Gasteiger partial charge in [-0.15, -0.1) is 0 Å². The predicted molar refractivity (Wildman–Crippen MR) is 90.7 cm³/mol. The Kier molecular flexibility index (Phi) is 5.30. The molecule has 1 aromatic heterocycles. The van der Waals surface area contributed by atoms with E-state index < -0.39 is 5.91 Å². The molecule has 0 aliphatic heterocycles. The van der Waals surface area contributed by atoms with Gasteiger partial charge in [-0.3, -0.25) is 14.6 Å². The Morgan fingerprint density at radius 2 is 1.74 bits per heavy atom. The van der Waals surface area contributed by atoms with E-state index in [-0.39, 0.29) is 17.2 Å². The third-order valence-electron chi connectivity index (χ3n) is 3.53. The first kappa shape index (κ1) is 16.5. The Balaban J connectivity index is 2.06. The summed E-state index contributed by atoms with van der Waals surface area (Å²) in [5.74, 6) is -0.909. The quantitative estimate of drug-likeness (QED) is 0.856. The monoisotopic (exact) mass is 312 g/mol. The molecule has 0 saturated carbocycles. The van der Waals surface area contributed by atoms with Crippen molar-refractivity contribution in [3.63, 3.8) is 0 Å². The SMILES string of the molecule is CCN(CC)c1ccc(NC(=O)c2ccc(C(N)=O)cn2)cc1. The first-order valence-electron chi connectivity index (χ1n) is 7.47. The Morgan fingerprint density at radius 3 is 2.22 bits per heavy atom. The number of primary amides is 1. The molecule has 0 atom stereocenters. The number of hydrogen-bond donors (Lipinski definition) is 2. The van der Waals surface area contributed by atoms with Crippen LogP contribution >= 0.6 is 0 Å². The van der Waals surface area contributed by atoms with Gasteiger partial charge < -0.3 is 16.0 Å². The highest BCUT2D eigenvalue weighted by Gasteiger charge is 2.09. The van der Waals surface area contributed by atoms with Gasteiger partial charge >= 0.3 is 0 Å². The molecule has 3 N–H and O–H groups in total. The summed E-state index contributed by atoms with van der Waals surface area (Å²) in [6.07, 6.45) is 1.29. The minimum absolute atomic E-state index is 0.225. The van der Waals surface area contributed by atoms with Crippen LogP contribution in [0.1, 0.15) is 34.7 Å². The van der Waals surface area contributed by atoms with E-state index >= 15 is 0 Å². The minimum atomic E-state index is -0.573. The first-order chi connectivity index (χ1) is 11.0. The van der Waals surface area contributed by atoms with Gasteiger partial charge in [-0.1, -0.05) is 0 Å². The van der Waals surface area contributed by atoms with Crippen molar-refractivity contribution in [2.24, 2.45) is 5.73 Å². The number of nitrogens with two attached hydrogens (primary N) is 1. The molecule has 0 spiro atoms. The molecule has 0 unspecified atom stereocenters. The number of pyridine rings is 1. The Bertz CT molecular complexity index is 677. The summed E-state index contributed by atoms with van der Waals surface area (Å²) in [6.45, 7) is 6.05. The zero-order chi connectivity index (χ0) is 16.8. The average Bonchev–Trinajstić information content (AvgIpc) is 2.57. The fourth-order valence-corrected chi connectivity index (χ4v) is 2.21. The highest BCUT2D eigenvalue weighted by molar-refractivity contribution is 6.03. The van der Waals surface area contributed by atoms with E-state index in [9.17, 15) is 9.59 Å². The second-order valence-electron chi connectivity index (χ2n) is 4.97. The molecule has 2 amide bonds. The lowest BCUT2D eigenvalue weighted by molar-refractivity contribution is 0.0993. The lowest BCUT2D eigenvalue weighted by Gasteiger charge is -2.21. The van der Waals surface area contributed by atoms with Crippen molar-refractivity contribution in [1.29, 1.82) is 0 Å². The molecule has 0 aliphatic rings. The topological polar surface area (TPSA) is 88.3 Å². The van der Waals surface area contributed by atoms with Crippen molar-refractivity contribution in [1.82, 2.24) is 4.98 Å². The smallest absolute Gasteiger partial charge is 0.274 e. The number of amides is 2. The number of rotatable bonds is 6. The number of carbonyl (C=O) groups is 2. The van der Waals surface area contributed by atoms with Crippen LogP contribution < -0.4 is 16.0 Å². The maximum atomic E-state index is 12.1. The molecule has 0 radical (unpaired) electrons. The molecule has 1 aromatic carbocycles. The van der Waals surface area contributed by atoms with Crippen LogP contribution in [-0.2, 0) is 0 Å². The molecule has 6 heteroatoms. The number of nitrogens with zero attached hydrogens (tertiary/aromatic N) is 2. The largest absolute Gasteiger partial charge is 0.372 e. The Morgan fingerprint density at radius 1 is 1.09 bits per heavy atom. The zero-order valence-electron chi connectivity index (χ0n) is 13.2. The van der Waals surface area contributed by atoms with Crippen LogP contribution in [0.3, 0.4) is 0 Å². The van der Waals surface area contributed by atoms with E-state index in [2.05, 4.69) is 29.0 Å². The third-order valence-corrected chi connectivity index (χ3v) is 3.53. The van der Waals surface area contributed by atoms with Gasteiger partial charge in [-0.2, -0.15) is 0 Å². The molecule has 2 rings (SSSR count). The van der Waals surface area contributed by atoms with Crippen LogP contribution in [0.25, 0.3) is 0 Å². The molecule has 6 nitrogen and oxygen atoms in total. The van der Waals surface area contributed by atoms with Crippen LogP contribution in [0.2, 0.25) is 0 Å². The van der Waals surface area contributed by atoms with Crippen molar-refractivity contribution in [3.8, 4) is 0 Å². The normalized spacial score (nSPS) is 10.2. The van der Waals surface area contributed by atoms with Crippen molar-refractivity contribution in [3.05, 3.63) is 53.9 Å². The van der Waals surface area contributed by atoms with Crippen molar-refractivity contribution in [2.45, 2.75) is 13.8 Å². The second-order valence-corrected chi connectivity index (χ2v) is 4.97. The highest BCUT2D eigenvalue weighted by Crippen LogP contribution is 2.18. The number of benzene rings is 1. The lowest BCUT2D eigenvalue weighted by atomic mass is 10.2. The van der Waals surface area contributed by atoms with Gasteiger partial charge in [0.15, 0.2) is 0 Å². The number of hydrogen-bond acceptors (Lipinski definition) is 4. The zero-order valence-corrected chi connectivity index (χ0v) is 13.2. The van der Waals surface area contributed by atoms with E-state index in [0.29, 0.717) is 5.69 Å². The van der Waals surface area contributed by atoms with Gasteiger partial charge in [0, 0.05) is 30.7 Å². The molecule has 0 fully saturated rings. The lowest BCUT2D eigenvalue weighted by Crippen LogP contribution is -2.21. The van der Waals surface area contributed by atoms with Crippen molar-refractivity contribution < 1.29 is 9.59 Å². The third kappa shape index (κ3) is 4.06. The summed E-state index contributed by atoms with van der Waals surface area (Å²) < 4.78 is 0. The van der Waals surface area contributed by atoms with Gasteiger partial charge in [-0.25, -0.2) is 0 Å². The summed E-state index contributed by atoms with van der Waals surface area (Å²) in [5.41, 5.74) is 7.43. The Hall–Kier alpha value is -2.89. The summed E-state index contributed by atoms with van der Waals surface area (Å²) >= 11 is 0. The molecule has 1 heterocycles. The molecular formula is C17H20N4O2. The van der Waals surface area contributed by atoms with Crippen molar-refractivity contribution >= 4 is 23.2 Å². The maximum Gasteiger partial charge on any atom is 0.274 e. The van der Waals surface area contributed by atoms with Crippen LogP contribution in [0.15, 0.2) is 42.6 Å². The fraction of sp³-hybridized carbons (Fsp3) is 0.235. The van der Waals surface area contributed by atoms with Crippen LogP contribution in [-0.4, -0.2) is 29.9 Å². The standard InChI is InChI=1S/C17H20N4O2/c1-3-21(4-2)14-8-6-13(7-9-14)20-17(23)15-10-5-12(11-19-15)16(18)22/h5-11H,3-4H2,1-2H3,(H2,18,22)(H,20,23). The van der Waals surface area contributed by atoms with Gasteiger partial charge in [0.05, 0.1) is 5.56 Å². The fourth-order valence-electron chi connectivity index (χ4n) is 2.21. The first-order valence-corrected chi connectivity index (χ1v) is 7.47. The minimum Gasteiger partial charge on any atom is -0.372 e. The number of nitrogens with one attached hydrogen (secondary N) is 1.